The predicted molar refractivity (Wildman–Crippen MR) is 70.9 cm³/mol. The summed E-state index contributed by atoms with van der Waals surface area (Å²) in [4.78, 5) is 24.6. The molecule has 1 saturated heterocycles. The quantitative estimate of drug-likeness (QED) is 0.814. The number of carboxylic acid groups (broad SMARTS) is 1. The number of thioether (sulfide) groups is 1. The first kappa shape index (κ1) is 14.0. The van der Waals surface area contributed by atoms with Crippen LogP contribution in [0.2, 0.25) is 0 Å². The first-order valence-corrected chi connectivity index (χ1v) is 7.16. The maximum Gasteiger partial charge on any atom is 0.321 e. The molecule has 1 aliphatic heterocycles. The minimum atomic E-state index is -0.869. The Labute approximate surface area is 115 Å². The second kappa shape index (κ2) is 6.63. The van der Waals surface area contributed by atoms with Crippen LogP contribution in [0.1, 0.15) is 5.76 Å². The van der Waals surface area contributed by atoms with Crippen LogP contribution in [0.5, 0.6) is 0 Å². The maximum absolute atomic E-state index is 11.8. The molecule has 1 aliphatic rings. The van der Waals surface area contributed by atoms with Crippen molar-refractivity contribution in [1.82, 2.24) is 10.2 Å². The molecule has 0 radical (unpaired) electrons. The highest BCUT2D eigenvalue weighted by molar-refractivity contribution is 7.99. The summed E-state index contributed by atoms with van der Waals surface area (Å²) in [7, 11) is 0. The number of hydrogen-bond acceptors (Lipinski definition) is 5. The zero-order chi connectivity index (χ0) is 13.7. The minimum Gasteiger partial charge on any atom is -0.480 e. The Morgan fingerprint density at radius 3 is 3.11 bits per heavy atom. The minimum absolute atomic E-state index is 0.109. The molecule has 0 aliphatic carbocycles. The lowest BCUT2D eigenvalue weighted by molar-refractivity contribution is -0.143. The number of aliphatic carboxylic acids is 1. The summed E-state index contributed by atoms with van der Waals surface area (Å²) in [6.07, 6.45) is 1.55. The molecule has 0 bridgehead atoms. The van der Waals surface area contributed by atoms with E-state index in [-0.39, 0.29) is 12.5 Å². The molecule has 1 aromatic heterocycles. The van der Waals surface area contributed by atoms with E-state index in [1.54, 1.807) is 35.1 Å². The van der Waals surface area contributed by atoms with Crippen LogP contribution in [0, 0.1) is 0 Å². The van der Waals surface area contributed by atoms with Crippen molar-refractivity contribution >= 4 is 23.6 Å². The van der Waals surface area contributed by atoms with E-state index in [1.165, 1.54) is 0 Å². The van der Waals surface area contributed by atoms with Gasteiger partial charge in [0.15, 0.2) is 0 Å². The second-order valence-electron chi connectivity index (χ2n) is 4.26. The Hall–Kier alpha value is -1.47. The molecule has 1 unspecified atom stereocenters. The number of carbonyl (C=O) groups excluding carboxylic acids is 1. The number of hydrogen-bond donors (Lipinski definition) is 2. The summed E-state index contributed by atoms with van der Waals surface area (Å²) >= 11 is 1.60. The van der Waals surface area contributed by atoms with E-state index in [1.807, 2.05) is 0 Å². The molecule has 1 aromatic rings. The topological polar surface area (TPSA) is 82.8 Å². The second-order valence-corrected chi connectivity index (χ2v) is 5.41. The third-order valence-electron chi connectivity index (χ3n) is 2.91. The number of furan rings is 1. The number of nitrogens with zero attached hydrogens (tertiary/aromatic N) is 1. The van der Waals surface area contributed by atoms with Crippen LogP contribution in [0.25, 0.3) is 0 Å². The number of rotatable bonds is 5. The smallest absolute Gasteiger partial charge is 0.321 e. The van der Waals surface area contributed by atoms with E-state index in [2.05, 4.69) is 5.32 Å². The van der Waals surface area contributed by atoms with Crippen LogP contribution < -0.4 is 5.32 Å². The van der Waals surface area contributed by atoms with Gasteiger partial charge >= 0.3 is 5.97 Å². The molecule has 2 rings (SSSR count). The average Bonchev–Trinajstić information content (AvgIpc) is 2.90. The third kappa shape index (κ3) is 4.00. The fraction of sp³-hybridized carbons (Fsp3) is 0.500. The Kier molecular flexibility index (Phi) is 4.86. The molecule has 7 heteroatoms. The Morgan fingerprint density at radius 2 is 2.42 bits per heavy atom. The lowest BCUT2D eigenvalue weighted by Crippen LogP contribution is -2.50. The van der Waals surface area contributed by atoms with Gasteiger partial charge in [-0.1, -0.05) is 0 Å². The Morgan fingerprint density at radius 1 is 1.58 bits per heavy atom. The SMILES string of the molecule is O=C(CN1CCSCC1C(=O)O)NCc1ccco1. The van der Waals surface area contributed by atoms with Gasteiger partial charge in [0.2, 0.25) is 5.91 Å². The molecular formula is C12H16N2O4S. The largest absolute Gasteiger partial charge is 0.480 e. The van der Waals surface area contributed by atoms with Gasteiger partial charge < -0.3 is 14.8 Å². The third-order valence-corrected chi connectivity index (χ3v) is 3.93. The van der Waals surface area contributed by atoms with Crippen molar-refractivity contribution in [3.63, 3.8) is 0 Å². The predicted octanol–water partition coefficient (Wildman–Crippen LogP) is 0.398. The summed E-state index contributed by atoms with van der Waals surface area (Å²) in [5.41, 5.74) is 0. The van der Waals surface area contributed by atoms with Crippen molar-refractivity contribution in [1.29, 1.82) is 0 Å². The maximum atomic E-state index is 11.8. The van der Waals surface area contributed by atoms with Crippen molar-refractivity contribution in [2.75, 3.05) is 24.6 Å². The van der Waals surface area contributed by atoms with Gasteiger partial charge in [0.25, 0.3) is 0 Å². The van der Waals surface area contributed by atoms with Crippen molar-refractivity contribution in [3.8, 4) is 0 Å². The van der Waals surface area contributed by atoms with E-state index in [0.717, 1.165) is 5.75 Å². The number of carboxylic acids is 1. The number of carbonyl (C=O) groups is 2. The van der Waals surface area contributed by atoms with E-state index in [4.69, 9.17) is 9.52 Å². The van der Waals surface area contributed by atoms with Crippen LogP contribution in [0.15, 0.2) is 22.8 Å². The van der Waals surface area contributed by atoms with Crippen molar-refractivity contribution < 1.29 is 19.1 Å². The van der Waals surface area contributed by atoms with Crippen LogP contribution in [0.4, 0.5) is 0 Å². The van der Waals surface area contributed by atoms with Gasteiger partial charge in [0.05, 0.1) is 19.4 Å². The molecule has 1 amide bonds. The van der Waals surface area contributed by atoms with Gasteiger partial charge in [-0.15, -0.1) is 0 Å². The molecule has 0 saturated carbocycles. The molecule has 104 valence electrons. The highest BCUT2D eigenvalue weighted by Gasteiger charge is 2.29. The van der Waals surface area contributed by atoms with E-state index >= 15 is 0 Å². The molecule has 1 atom stereocenters. The first-order chi connectivity index (χ1) is 9.16. The van der Waals surface area contributed by atoms with Gasteiger partial charge in [0.1, 0.15) is 11.8 Å². The molecule has 2 heterocycles. The van der Waals surface area contributed by atoms with Crippen LogP contribution in [-0.2, 0) is 16.1 Å². The normalized spacial score (nSPS) is 20.1. The molecule has 2 N–H and O–H groups in total. The molecule has 19 heavy (non-hydrogen) atoms. The van der Waals surface area contributed by atoms with Crippen molar-refractivity contribution in [3.05, 3.63) is 24.2 Å². The van der Waals surface area contributed by atoms with Crippen LogP contribution >= 0.6 is 11.8 Å². The Bertz CT molecular complexity index is 435. The summed E-state index contributed by atoms with van der Waals surface area (Å²) in [5, 5.41) is 11.8. The van der Waals surface area contributed by atoms with Crippen LogP contribution in [-0.4, -0.2) is 52.5 Å². The van der Waals surface area contributed by atoms with Gasteiger partial charge in [-0.05, 0) is 12.1 Å². The number of nitrogens with one attached hydrogen (secondary N) is 1. The molecule has 0 aromatic carbocycles. The van der Waals surface area contributed by atoms with Gasteiger partial charge in [-0.3, -0.25) is 14.5 Å². The summed E-state index contributed by atoms with van der Waals surface area (Å²) < 4.78 is 5.11. The van der Waals surface area contributed by atoms with E-state index in [9.17, 15) is 9.59 Å². The van der Waals surface area contributed by atoms with Crippen molar-refractivity contribution in [2.45, 2.75) is 12.6 Å². The zero-order valence-corrected chi connectivity index (χ0v) is 11.2. The molecule has 1 fully saturated rings. The Balaban J connectivity index is 1.81. The summed E-state index contributed by atoms with van der Waals surface area (Å²) in [6, 6.07) is 2.95. The molecule has 6 nitrogen and oxygen atoms in total. The number of amides is 1. The van der Waals surface area contributed by atoms with Gasteiger partial charge in [-0.25, -0.2) is 0 Å². The lowest BCUT2D eigenvalue weighted by Gasteiger charge is -2.31. The summed E-state index contributed by atoms with van der Waals surface area (Å²) in [6.45, 7) is 1.06. The molecule has 0 spiro atoms. The standard InChI is InChI=1S/C12H16N2O4S/c15-11(13-6-9-2-1-4-18-9)7-14-3-5-19-8-10(14)12(16)17/h1-2,4,10H,3,5-8H2,(H,13,15)(H,16,17). The van der Waals surface area contributed by atoms with Gasteiger partial charge in [-0.2, -0.15) is 11.8 Å². The van der Waals surface area contributed by atoms with Crippen molar-refractivity contribution in [2.24, 2.45) is 0 Å². The van der Waals surface area contributed by atoms with E-state index < -0.39 is 12.0 Å². The fourth-order valence-electron chi connectivity index (χ4n) is 1.89. The first-order valence-electron chi connectivity index (χ1n) is 6.00. The van der Waals surface area contributed by atoms with Crippen LogP contribution in [0.3, 0.4) is 0 Å². The van der Waals surface area contributed by atoms with Gasteiger partial charge in [0, 0.05) is 18.1 Å². The molecular weight excluding hydrogens is 268 g/mol. The lowest BCUT2D eigenvalue weighted by atomic mass is 10.2. The van der Waals surface area contributed by atoms with E-state index in [0.29, 0.717) is 24.6 Å². The highest BCUT2D eigenvalue weighted by atomic mass is 32.2. The average molecular weight is 284 g/mol. The fourth-order valence-corrected chi connectivity index (χ4v) is 3.00. The highest BCUT2D eigenvalue weighted by Crippen LogP contribution is 2.16. The monoisotopic (exact) mass is 284 g/mol. The summed E-state index contributed by atoms with van der Waals surface area (Å²) in [5.74, 6) is 1.01. The zero-order valence-electron chi connectivity index (χ0n) is 10.4.